The quantitative estimate of drug-likeness (QED) is 0.387. The smallest absolute Gasteiger partial charge is 0.296 e. The fraction of sp³-hybridized carbons (Fsp3) is 0.370. The fourth-order valence-corrected chi connectivity index (χ4v) is 4.96. The molecule has 0 spiro atoms. The third-order valence-corrected chi connectivity index (χ3v) is 6.89. The van der Waals surface area contributed by atoms with Crippen LogP contribution in [0.1, 0.15) is 30.7 Å². The van der Waals surface area contributed by atoms with E-state index in [2.05, 4.69) is 39.5 Å². The number of ether oxygens (including phenoxy) is 1. The molecule has 2 fully saturated rings. The van der Waals surface area contributed by atoms with Crippen molar-refractivity contribution in [3.63, 3.8) is 0 Å². The zero-order chi connectivity index (χ0) is 25.2. The lowest BCUT2D eigenvalue weighted by molar-refractivity contribution is 0.122. The van der Waals surface area contributed by atoms with E-state index in [0.717, 1.165) is 18.7 Å². The van der Waals surface area contributed by atoms with E-state index in [1.807, 2.05) is 11.0 Å². The topological polar surface area (TPSA) is 71.3 Å². The predicted molar refractivity (Wildman–Crippen MR) is 140 cm³/mol. The highest BCUT2D eigenvalue weighted by Crippen LogP contribution is 2.29. The lowest BCUT2D eigenvalue weighted by Gasteiger charge is -2.27. The first-order chi connectivity index (χ1) is 18.2. The summed E-state index contributed by atoms with van der Waals surface area (Å²) >= 11 is 0. The number of nitrogens with one attached hydrogen (secondary N) is 1. The highest BCUT2D eigenvalue weighted by atomic mass is 19.3. The molecule has 0 atom stereocenters. The van der Waals surface area contributed by atoms with Gasteiger partial charge in [0.1, 0.15) is 11.6 Å². The highest BCUT2D eigenvalue weighted by molar-refractivity contribution is 5.78. The molecule has 4 aromatic rings. The second-order valence-corrected chi connectivity index (χ2v) is 9.32. The molecule has 2 saturated heterocycles. The van der Waals surface area contributed by atoms with Gasteiger partial charge in [-0.1, -0.05) is 24.3 Å². The zero-order valence-corrected chi connectivity index (χ0v) is 20.5. The Morgan fingerprint density at radius 3 is 2.38 bits per heavy atom. The van der Waals surface area contributed by atoms with Gasteiger partial charge in [-0.2, -0.15) is 9.97 Å². The number of hydrogen-bond acceptors (Lipinski definition) is 7. The van der Waals surface area contributed by atoms with Crippen molar-refractivity contribution >= 4 is 28.5 Å². The van der Waals surface area contributed by atoms with Crippen molar-refractivity contribution in [3.8, 4) is 5.82 Å². The number of hydrogen-bond donors (Lipinski definition) is 1. The van der Waals surface area contributed by atoms with Gasteiger partial charge >= 0.3 is 0 Å². The van der Waals surface area contributed by atoms with Crippen molar-refractivity contribution in [1.29, 1.82) is 0 Å². The van der Waals surface area contributed by atoms with Gasteiger partial charge in [0.25, 0.3) is 6.43 Å². The monoisotopic (exact) mass is 505 g/mol. The summed E-state index contributed by atoms with van der Waals surface area (Å²) in [5.74, 6) is 1.06. The van der Waals surface area contributed by atoms with Crippen LogP contribution < -0.4 is 15.1 Å². The SMILES string of the molecule is FC(F)c1nc2ccccc2n1-c1cc(NCc2ccc(N3CCCC3)cc2)nc(N2CCOCC2)n1. The van der Waals surface area contributed by atoms with Crippen LogP contribution in [0.15, 0.2) is 54.6 Å². The summed E-state index contributed by atoms with van der Waals surface area (Å²) < 4.78 is 35.0. The van der Waals surface area contributed by atoms with Crippen molar-refractivity contribution in [2.75, 3.05) is 54.5 Å². The highest BCUT2D eigenvalue weighted by Gasteiger charge is 2.23. The van der Waals surface area contributed by atoms with E-state index in [4.69, 9.17) is 14.7 Å². The number of aromatic nitrogens is 4. The first-order valence-electron chi connectivity index (χ1n) is 12.7. The number of morpholine rings is 1. The molecule has 2 aromatic heterocycles. The number of alkyl halides is 2. The molecule has 37 heavy (non-hydrogen) atoms. The lowest BCUT2D eigenvalue weighted by atomic mass is 10.2. The predicted octanol–water partition coefficient (Wildman–Crippen LogP) is 4.80. The first-order valence-corrected chi connectivity index (χ1v) is 12.7. The molecule has 0 aliphatic carbocycles. The number of nitrogens with zero attached hydrogens (tertiary/aromatic N) is 6. The van der Waals surface area contributed by atoms with Crippen LogP contribution in [0.2, 0.25) is 0 Å². The molecule has 2 aromatic carbocycles. The maximum Gasteiger partial charge on any atom is 0.296 e. The van der Waals surface area contributed by atoms with Crippen LogP contribution in [0.5, 0.6) is 0 Å². The molecule has 0 amide bonds. The van der Waals surface area contributed by atoms with Gasteiger partial charge in [0.05, 0.1) is 24.2 Å². The van der Waals surface area contributed by atoms with Gasteiger partial charge in [-0.05, 0) is 42.7 Å². The van der Waals surface area contributed by atoms with Gasteiger partial charge in [0.15, 0.2) is 5.82 Å². The second-order valence-electron chi connectivity index (χ2n) is 9.32. The Bertz CT molecular complexity index is 1360. The number of imidazole rings is 1. The molecular formula is C27H29F2N7O. The van der Waals surface area contributed by atoms with Crippen LogP contribution >= 0.6 is 0 Å². The molecule has 4 heterocycles. The van der Waals surface area contributed by atoms with Gasteiger partial charge in [-0.25, -0.2) is 13.8 Å². The lowest BCUT2D eigenvalue weighted by Crippen LogP contribution is -2.37. The van der Waals surface area contributed by atoms with Crippen LogP contribution in [-0.4, -0.2) is 58.9 Å². The summed E-state index contributed by atoms with van der Waals surface area (Å²) in [5, 5.41) is 3.38. The van der Waals surface area contributed by atoms with E-state index in [1.54, 1.807) is 24.3 Å². The molecule has 8 nitrogen and oxygen atoms in total. The molecule has 0 radical (unpaired) electrons. The molecule has 6 rings (SSSR count). The Morgan fingerprint density at radius 1 is 0.865 bits per heavy atom. The molecule has 0 unspecified atom stereocenters. The number of benzene rings is 2. The molecule has 0 saturated carbocycles. The average molecular weight is 506 g/mol. The Hall–Kier alpha value is -3.79. The van der Waals surface area contributed by atoms with E-state index in [-0.39, 0.29) is 5.82 Å². The number of halogens is 2. The third-order valence-electron chi connectivity index (χ3n) is 6.89. The van der Waals surface area contributed by atoms with E-state index in [1.165, 1.54) is 23.1 Å². The summed E-state index contributed by atoms with van der Waals surface area (Å²) in [6.45, 7) is 5.16. The van der Waals surface area contributed by atoms with Crippen molar-refractivity contribution in [2.45, 2.75) is 25.8 Å². The van der Waals surface area contributed by atoms with E-state index < -0.39 is 6.43 Å². The summed E-state index contributed by atoms with van der Waals surface area (Å²) in [4.78, 5) is 18.1. The summed E-state index contributed by atoms with van der Waals surface area (Å²) in [6, 6.07) is 17.3. The summed E-state index contributed by atoms with van der Waals surface area (Å²) in [5.41, 5.74) is 3.42. The standard InChI is InChI=1S/C27H29F2N7O/c28-25(29)26-31-21-5-1-2-6-22(21)36(26)24-17-23(32-27(33-24)35-13-15-37-16-14-35)30-18-19-7-9-20(10-8-19)34-11-3-4-12-34/h1-2,5-10,17,25H,3-4,11-16,18H2,(H,30,32,33). The third kappa shape index (κ3) is 4.93. The molecular weight excluding hydrogens is 476 g/mol. The Balaban J connectivity index is 1.33. The molecule has 0 bridgehead atoms. The van der Waals surface area contributed by atoms with Crippen molar-refractivity contribution < 1.29 is 13.5 Å². The Labute approximate surface area is 213 Å². The van der Waals surface area contributed by atoms with Crippen LogP contribution in [0.3, 0.4) is 0 Å². The second kappa shape index (κ2) is 10.3. The number of para-hydroxylation sites is 2. The summed E-state index contributed by atoms with van der Waals surface area (Å²) in [6.07, 6.45) is -0.269. The van der Waals surface area contributed by atoms with Crippen molar-refractivity contribution in [3.05, 3.63) is 66.0 Å². The maximum atomic E-state index is 14.0. The normalized spacial score (nSPS) is 16.2. The van der Waals surface area contributed by atoms with E-state index in [0.29, 0.717) is 61.5 Å². The van der Waals surface area contributed by atoms with Crippen molar-refractivity contribution in [1.82, 2.24) is 19.5 Å². The Kier molecular flexibility index (Phi) is 6.57. The molecule has 2 aliphatic rings. The first kappa shape index (κ1) is 23.6. The van der Waals surface area contributed by atoms with Gasteiger partial charge < -0.3 is 19.9 Å². The minimum Gasteiger partial charge on any atom is -0.378 e. The minimum absolute atomic E-state index is 0.337. The number of anilines is 3. The van der Waals surface area contributed by atoms with Crippen LogP contribution in [-0.2, 0) is 11.3 Å². The molecule has 2 aliphatic heterocycles. The van der Waals surface area contributed by atoms with Gasteiger partial charge in [-0.3, -0.25) is 4.57 Å². The van der Waals surface area contributed by atoms with Gasteiger partial charge in [-0.15, -0.1) is 0 Å². The van der Waals surface area contributed by atoms with Crippen molar-refractivity contribution in [2.24, 2.45) is 0 Å². The van der Waals surface area contributed by atoms with Gasteiger partial charge in [0.2, 0.25) is 5.95 Å². The van der Waals surface area contributed by atoms with Crippen LogP contribution in [0.25, 0.3) is 16.9 Å². The van der Waals surface area contributed by atoms with Crippen LogP contribution in [0.4, 0.5) is 26.2 Å². The summed E-state index contributed by atoms with van der Waals surface area (Å²) in [7, 11) is 0. The molecule has 192 valence electrons. The van der Waals surface area contributed by atoms with Crippen LogP contribution in [0, 0.1) is 0 Å². The van der Waals surface area contributed by atoms with E-state index in [9.17, 15) is 8.78 Å². The maximum absolute atomic E-state index is 14.0. The average Bonchev–Trinajstić information content (AvgIpc) is 3.61. The Morgan fingerprint density at radius 2 is 1.62 bits per heavy atom. The number of rotatable bonds is 7. The van der Waals surface area contributed by atoms with E-state index >= 15 is 0 Å². The largest absolute Gasteiger partial charge is 0.378 e. The molecule has 10 heteroatoms. The number of fused-ring (bicyclic) bond motifs is 1. The minimum atomic E-state index is -2.75. The zero-order valence-electron chi connectivity index (χ0n) is 20.5. The fourth-order valence-electron chi connectivity index (χ4n) is 4.96. The van der Waals surface area contributed by atoms with Gasteiger partial charge in [0, 0.05) is 44.5 Å². The molecule has 1 N–H and O–H groups in total.